The van der Waals surface area contributed by atoms with E-state index in [1.165, 1.54) is 62.7 Å². The van der Waals surface area contributed by atoms with Gasteiger partial charge in [0.15, 0.2) is 0 Å². The van der Waals surface area contributed by atoms with Crippen LogP contribution in [-0.4, -0.2) is 35.6 Å². The molecule has 4 aliphatic rings. The van der Waals surface area contributed by atoms with Crippen LogP contribution in [0, 0.1) is 11.8 Å². The highest BCUT2D eigenvalue weighted by molar-refractivity contribution is 5.55. The highest BCUT2D eigenvalue weighted by atomic mass is 15.3. The third-order valence-corrected chi connectivity index (χ3v) is 6.96. The van der Waals surface area contributed by atoms with E-state index < -0.39 is 0 Å². The van der Waals surface area contributed by atoms with Crippen molar-refractivity contribution in [2.45, 2.75) is 63.3 Å². The summed E-state index contributed by atoms with van der Waals surface area (Å²) in [5.41, 5.74) is 8.88. The van der Waals surface area contributed by atoms with E-state index in [0.717, 1.165) is 37.2 Å². The van der Waals surface area contributed by atoms with Gasteiger partial charge in [0, 0.05) is 30.6 Å². The summed E-state index contributed by atoms with van der Waals surface area (Å²) in [6.07, 6.45) is 10.5. The monoisotopic (exact) mass is 327 g/mol. The number of nitrogen functional groups attached to an aromatic ring is 1. The molecule has 3 fully saturated rings. The number of anilines is 2. The first-order chi connectivity index (χ1) is 11.8. The molecule has 0 radical (unpaired) electrons. The summed E-state index contributed by atoms with van der Waals surface area (Å²) >= 11 is 0. The highest BCUT2D eigenvalue weighted by Gasteiger charge is 2.39. The fraction of sp³-hybridized carbons (Fsp3) is 0.789. The number of rotatable bonds is 1. The Morgan fingerprint density at radius 2 is 1.83 bits per heavy atom. The second-order valence-electron chi connectivity index (χ2n) is 8.33. The Bertz CT molecular complexity index is 616. The summed E-state index contributed by atoms with van der Waals surface area (Å²) < 4.78 is 0. The van der Waals surface area contributed by atoms with Crippen molar-refractivity contribution in [2.24, 2.45) is 11.8 Å². The summed E-state index contributed by atoms with van der Waals surface area (Å²) in [5.74, 6) is 3.89. The first kappa shape index (κ1) is 14.9. The molecule has 1 aromatic rings. The van der Waals surface area contributed by atoms with Gasteiger partial charge in [-0.1, -0.05) is 12.8 Å². The SMILES string of the molecule is Nc1nc2c(c(N3C[C@@H]4CCCN[C@@H]4C3)n1)CC[C@@H]1CCCC[C@H]21. The average Bonchev–Trinajstić information content (AvgIpc) is 3.05. The molecule has 3 N–H and O–H groups in total. The van der Waals surface area contributed by atoms with Gasteiger partial charge in [0.2, 0.25) is 5.95 Å². The third-order valence-electron chi connectivity index (χ3n) is 6.96. The molecule has 0 unspecified atom stereocenters. The number of aromatic nitrogens is 2. The number of hydrogen-bond donors (Lipinski definition) is 2. The fourth-order valence-electron chi connectivity index (χ4n) is 5.78. The predicted octanol–water partition coefficient (Wildman–Crippen LogP) is 2.47. The number of piperidine rings is 1. The van der Waals surface area contributed by atoms with Crippen LogP contribution in [0.15, 0.2) is 0 Å². The molecule has 5 heteroatoms. The molecule has 3 heterocycles. The van der Waals surface area contributed by atoms with Gasteiger partial charge >= 0.3 is 0 Å². The van der Waals surface area contributed by atoms with Crippen LogP contribution in [0.1, 0.15) is 62.1 Å². The Kier molecular flexibility index (Phi) is 3.65. The smallest absolute Gasteiger partial charge is 0.222 e. The molecule has 4 atom stereocenters. The molecule has 0 bridgehead atoms. The van der Waals surface area contributed by atoms with E-state index in [4.69, 9.17) is 15.7 Å². The largest absolute Gasteiger partial charge is 0.368 e. The molecular formula is C19H29N5. The average molecular weight is 327 g/mol. The minimum absolute atomic E-state index is 0.484. The molecule has 5 nitrogen and oxygen atoms in total. The van der Waals surface area contributed by atoms with Crippen LogP contribution in [0.4, 0.5) is 11.8 Å². The molecule has 0 spiro atoms. The minimum atomic E-state index is 0.484. The van der Waals surface area contributed by atoms with Crippen LogP contribution in [0.3, 0.4) is 0 Å². The summed E-state index contributed by atoms with van der Waals surface area (Å²) in [6.45, 7) is 3.39. The van der Waals surface area contributed by atoms with Crippen LogP contribution in [-0.2, 0) is 6.42 Å². The van der Waals surface area contributed by atoms with E-state index in [0.29, 0.717) is 17.9 Å². The summed E-state index contributed by atoms with van der Waals surface area (Å²) in [7, 11) is 0. The van der Waals surface area contributed by atoms with Gasteiger partial charge in [0.25, 0.3) is 0 Å². The van der Waals surface area contributed by atoms with Gasteiger partial charge < -0.3 is 16.0 Å². The van der Waals surface area contributed by atoms with E-state index in [1.807, 2.05) is 0 Å². The van der Waals surface area contributed by atoms with Gasteiger partial charge in [-0.05, 0) is 56.9 Å². The highest BCUT2D eigenvalue weighted by Crippen LogP contribution is 2.46. The zero-order chi connectivity index (χ0) is 16.1. The van der Waals surface area contributed by atoms with Crippen molar-refractivity contribution in [1.29, 1.82) is 0 Å². The van der Waals surface area contributed by atoms with E-state index in [-0.39, 0.29) is 0 Å². The number of hydrogen-bond acceptors (Lipinski definition) is 5. The second kappa shape index (κ2) is 5.87. The summed E-state index contributed by atoms with van der Waals surface area (Å²) in [6, 6.07) is 0.636. The predicted molar refractivity (Wildman–Crippen MR) is 96.2 cm³/mol. The number of nitrogens with two attached hydrogens (primary N) is 1. The maximum absolute atomic E-state index is 6.15. The lowest BCUT2D eigenvalue weighted by molar-refractivity contribution is 0.270. The third kappa shape index (κ3) is 2.40. The van der Waals surface area contributed by atoms with Crippen LogP contribution >= 0.6 is 0 Å². The first-order valence-electron chi connectivity index (χ1n) is 9.94. The van der Waals surface area contributed by atoms with Gasteiger partial charge in [0.05, 0.1) is 5.69 Å². The Balaban J connectivity index is 1.50. The lowest BCUT2D eigenvalue weighted by atomic mass is 9.70. The van der Waals surface area contributed by atoms with Gasteiger partial charge in [-0.2, -0.15) is 4.98 Å². The summed E-state index contributed by atoms with van der Waals surface area (Å²) in [5, 5.41) is 3.70. The Morgan fingerprint density at radius 1 is 0.958 bits per heavy atom. The van der Waals surface area contributed by atoms with E-state index in [9.17, 15) is 0 Å². The molecule has 0 amide bonds. The number of fused-ring (bicyclic) bond motifs is 4. The van der Waals surface area contributed by atoms with Crippen LogP contribution < -0.4 is 16.0 Å². The molecule has 2 saturated heterocycles. The fourth-order valence-corrected chi connectivity index (χ4v) is 5.78. The Morgan fingerprint density at radius 3 is 2.75 bits per heavy atom. The molecule has 130 valence electrons. The molecule has 24 heavy (non-hydrogen) atoms. The minimum Gasteiger partial charge on any atom is -0.368 e. The van der Waals surface area contributed by atoms with Crippen molar-refractivity contribution in [1.82, 2.24) is 15.3 Å². The van der Waals surface area contributed by atoms with Crippen molar-refractivity contribution in [3.05, 3.63) is 11.3 Å². The second-order valence-corrected chi connectivity index (χ2v) is 8.33. The quantitative estimate of drug-likeness (QED) is 0.829. The van der Waals surface area contributed by atoms with Gasteiger partial charge in [0.1, 0.15) is 5.82 Å². The number of nitrogens with zero attached hydrogens (tertiary/aromatic N) is 3. The topological polar surface area (TPSA) is 67.1 Å². The van der Waals surface area contributed by atoms with Crippen molar-refractivity contribution in [2.75, 3.05) is 30.3 Å². The summed E-state index contributed by atoms with van der Waals surface area (Å²) in [4.78, 5) is 12.0. The first-order valence-corrected chi connectivity index (χ1v) is 9.94. The zero-order valence-electron chi connectivity index (χ0n) is 14.5. The normalized spacial score (nSPS) is 35.2. The van der Waals surface area contributed by atoms with Crippen molar-refractivity contribution in [3.63, 3.8) is 0 Å². The Hall–Kier alpha value is -1.36. The maximum Gasteiger partial charge on any atom is 0.222 e. The van der Waals surface area contributed by atoms with Crippen LogP contribution in [0.2, 0.25) is 0 Å². The van der Waals surface area contributed by atoms with E-state index in [2.05, 4.69) is 10.2 Å². The molecule has 0 aromatic carbocycles. The van der Waals surface area contributed by atoms with Crippen molar-refractivity contribution >= 4 is 11.8 Å². The maximum atomic E-state index is 6.15. The zero-order valence-corrected chi connectivity index (χ0v) is 14.5. The molecule has 2 aliphatic carbocycles. The van der Waals surface area contributed by atoms with Crippen molar-refractivity contribution < 1.29 is 0 Å². The number of nitrogens with one attached hydrogen (secondary N) is 1. The molecular weight excluding hydrogens is 298 g/mol. The molecule has 2 aliphatic heterocycles. The lowest BCUT2D eigenvalue weighted by Crippen LogP contribution is -2.40. The van der Waals surface area contributed by atoms with E-state index in [1.54, 1.807) is 0 Å². The Labute approximate surface area is 144 Å². The van der Waals surface area contributed by atoms with Gasteiger partial charge in [-0.3, -0.25) is 0 Å². The van der Waals surface area contributed by atoms with Gasteiger partial charge in [-0.15, -0.1) is 0 Å². The van der Waals surface area contributed by atoms with Crippen molar-refractivity contribution in [3.8, 4) is 0 Å². The van der Waals surface area contributed by atoms with Gasteiger partial charge in [-0.25, -0.2) is 4.98 Å². The molecule has 1 saturated carbocycles. The lowest BCUT2D eigenvalue weighted by Gasteiger charge is -2.37. The van der Waals surface area contributed by atoms with E-state index >= 15 is 0 Å². The molecule has 5 rings (SSSR count). The standard InChI is InChI=1S/C19H29N5/c20-19-22-17-14-6-2-1-4-12(14)7-8-15(17)18(23-19)24-10-13-5-3-9-21-16(13)11-24/h12-14,16,21H,1-11H2,(H2,20,22,23)/t12-,13-,14-,16+/m0/s1. The molecule has 1 aromatic heterocycles. The van der Waals surface area contributed by atoms with Crippen LogP contribution in [0.5, 0.6) is 0 Å². The van der Waals surface area contributed by atoms with Crippen LogP contribution in [0.25, 0.3) is 0 Å².